The number of benzene rings is 2. The van der Waals surface area contributed by atoms with Crippen LogP contribution < -0.4 is 0 Å². The van der Waals surface area contributed by atoms with Crippen LogP contribution in [0.25, 0.3) is 5.76 Å². The van der Waals surface area contributed by atoms with E-state index >= 15 is 0 Å². The summed E-state index contributed by atoms with van der Waals surface area (Å²) in [6.45, 7) is 5.48. The van der Waals surface area contributed by atoms with E-state index in [0.717, 1.165) is 23.0 Å². The van der Waals surface area contributed by atoms with Gasteiger partial charge in [-0.25, -0.2) is 0 Å². The summed E-state index contributed by atoms with van der Waals surface area (Å²) in [6, 6.07) is 14.4. The summed E-state index contributed by atoms with van der Waals surface area (Å²) in [7, 11) is 3.95. The molecule has 0 bridgehead atoms. The van der Waals surface area contributed by atoms with E-state index in [4.69, 9.17) is 0 Å². The lowest BCUT2D eigenvalue weighted by atomic mass is 9.93. The number of nitrogens with zero attached hydrogens (tertiary/aromatic N) is 2. The summed E-state index contributed by atoms with van der Waals surface area (Å²) in [5.41, 5.74) is 2.67. The fourth-order valence-corrected chi connectivity index (χ4v) is 4.11. The zero-order valence-corrected chi connectivity index (χ0v) is 20.0. The predicted molar refractivity (Wildman–Crippen MR) is 127 cm³/mol. The van der Waals surface area contributed by atoms with Crippen LogP contribution in [-0.4, -0.2) is 53.8 Å². The maximum absolute atomic E-state index is 13.0. The summed E-state index contributed by atoms with van der Waals surface area (Å²) < 4.78 is 0.869. The molecule has 0 spiro atoms. The van der Waals surface area contributed by atoms with Gasteiger partial charge in [-0.05, 0) is 56.2 Å². The minimum atomic E-state index is -0.636. The third kappa shape index (κ3) is 5.08. The number of halogens is 1. The SMILES string of the molecule is CC(C)c1ccc(C2/C(=C(/O)c3ccc(Br)cc3)C(=O)C(=O)N2CCCN(C)C)cc1. The lowest BCUT2D eigenvalue weighted by Crippen LogP contribution is -2.32. The number of amides is 1. The van der Waals surface area contributed by atoms with Crippen LogP contribution in [-0.2, 0) is 9.59 Å². The molecule has 2 aromatic carbocycles. The van der Waals surface area contributed by atoms with E-state index in [1.807, 2.05) is 43.3 Å². The van der Waals surface area contributed by atoms with Gasteiger partial charge in [-0.3, -0.25) is 9.59 Å². The van der Waals surface area contributed by atoms with Crippen molar-refractivity contribution in [1.29, 1.82) is 0 Å². The third-order valence-electron chi connectivity index (χ3n) is 5.58. The van der Waals surface area contributed by atoms with Crippen molar-refractivity contribution in [3.8, 4) is 0 Å². The van der Waals surface area contributed by atoms with Crippen molar-refractivity contribution in [3.05, 3.63) is 75.3 Å². The van der Waals surface area contributed by atoms with E-state index in [0.29, 0.717) is 18.0 Å². The number of hydrogen-bond acceptors (Lipinski definition) is 4. The lowest BCUT2D eigenvalue weighted by Gasteiger charge is -2.26. The average molecular weight is 485 g/mol. The van der Waals surface area contributed by atoms with E-state index < -0.39 is 17.7 Å². The Morgan fingerprint density at radius 1 is 1.06 bits per heavy atom. The highest BCUT2D eigenvalue weighted by Crippen LogP contribution is 2.39. The second kappa shape index (κ2) is 9.79. The third-order valence-corrected chi connectivity index (χ3v) is 6.11. The fraction of sp³-hybridized carbons (Fsp3) is 0.360. The number of carbonyl (C=O) groups excluding carboxylic acids is 2. The standard InChI is InChI=1S/C25H29BrN2O3/c1-16(2)17-6-8-18(9-7-17)22-21(23(29)19-10-12-20(26)13-11-19)24(30)25(31)28(22)15-5-14-27(3)4/h6-13,16,22,29H,5,14-15H2,1-4H3/b23-21-. The topological polar surface area (TPSA) is 60.9 Å². The molecule has 2 aromatic rings. The maximum atomic E-state index is 13.0. The Hall–Kier alpha value is -2.44. The first-order chi connectivity index (χ1) is 14.7. The molecule has 0 saturated carbocycles. The van der Waals surface area contributed by atoms with E-state index in [1.165, 1.54) is 5.56 Å². The van der Waals surface area contributed by atoms with E-state index in [-0.39, 0.29) is 11.3 Å². The number of carbonyl (C=O) groups is 2. The number of ketones is 1. The first-order valence-electron chi connectivity index (χ1n) is 10.5. The van der Waals surface area contributed by atoms with Crippen LogP contribution in [0.15, 0.2) is 58.6 Å². The molecular formula is C25H29BrN2O3. The van der Waals surface area contributed by atoms with Crippen LogP contribution in [0, 0.1) is 0 Å². The van der Waals surface area contributed by atoms with Gasteiger partial charge in [-0.2, -0.15) is 0 Å². The van der Waals surface area contributed by atoms with E-state index in [9.17, 15) is 14.7 Å². The summed E-state index contributed by atoms with van der Waals surface area (Å²) in [6.07, 6.45) is 0.735. The molecule has 0 aromatic heterocycles. The molecule has 1 fully saturated rings. The van der Waals surface area contributed by atoms with Crippen molar-refractivity contribution in [2.75, 3.05) is 27.2 Å². The zero-order valence-electron chi connectivity index (χ0n) is 18.4. The van der Waals surface area contributed by atoms with Crippen molar-refractivity contribution in [2.24, 2.45) is 0 Å². The molecule has 31 heavy (non-hydrogen) atoms. The molecule has 1 N–H and O–H groups in total. The summed E-state index contributed by atoms with van der Waals surface area (Å²) in [4.78, 5) is 29.6. The van der Waals surface area contributed by atoms with Crippen molar-refractivity contribution in [1.82, 2.24) is 9.80 Å². The van der Waals surface area contributed by atoms with Gasteiger partial charge in [-0.1, -0.05) is 66.2 Å². The first-order valence-corrected chi connectivity index (χ1v) is 11.3. The highest BCUT2D eigenvalue weighted by Gasteiger charge is 2.45. The number of Topliss-reactive ketones (excluding diaryl/α,β-unsaturated/α-hetero) is 1. The Morgan fingerprint density at radius 2 is 1.68 bits per heavy atom. The lowest BCUT2D eigenvalue weighted by molar-refractivity contribution is -0.139. The molecular weight excluding hydrogens is 456 g/mol. The molecule has 3 rings (SSSR count). The Kier molecular flexibility index (Phi) is 7.34. The first kappa shape index (κ1) is 23.2. The molecule has 1 atom stereocenters. The second-order valence-corrected chi connectivity index (χ2v) is 9.39. The Labute approximate surface area is 192 Å². The molecule has 1 aliphatic heterocycles. The molecule has 164 valence electrons. The van der Waals surface area contributed by atoms with E-state index in [1.54, 1.807) is 29.2 Å². The summed E-state index contributed by atoms with van der Waals surface area (Å²) in [5.74, 6) is -0.958. The molecule has 0 radical (unpaired) electrons. The van der Waals surface area contributed by atoms with Gasteiger partial charge in [0.05, 0.1) is 11.6 Å². The van der Waals surface area contributed by atoms with Gasteiger partial charge >= 0.3 is 0 Å². The Balaban J connectivity index is 2.08. The highest BCUT2D eigenvalue weighted by atomic mass is 79.9. The molecule has 5 nitrogen and oxygen atoms in total. The van der Waals surface area contributed by atoms with Crippen LogP contribution in [0.4, 0.5) is 0 Å². The van der Waals surface area contributed by atoms with Gasteiger partial charge in [0, 0.05) is 16.6 Å². The van der Waals surface area contributed by atoms with Crippen LogP contribution in [0.3, 0.4) is 0 Å². The number of aliphatic hydroxyl groups is 1. The van der Waals surface area contributed by atoms with Crippen molar-refractivity contribution < 1.29 is 14.7 Å². The van der Waals surface area contributed by atoms with Crippen molar-refractivity contribution in [3.63, 3.8) is 0 Å². The van der Waals surface area contributed by atoms with Crippen molar-refractivity contribution >= 4 is 33.4 Å². The van der Waals surface area contributed by atoms with Crippen LogP contribution >= 0.6 is 15.9 Å². The molecule has 1 unspecified atom stereocenters. The minimum Gasteiger partial charge on any atom is -0.507 e. The Morgan fingerprint density at radius 3 is 2.23 bits per heavy atom. The minimum absolute atomic E-state index is 0.140. The smallest absolute Gasteiger partial charge is 0.295 e. The Bertz CT molecular complexity index is 979. The van der Waals surface area contributed by atoms with Gasteiger partial charge in [0.15, 0.2) is 0 Å². The van der Waals surface area contributed by atoms with Crippen LogP contribution in [0.1, 0.15) is 48.9 Å². The van der Waals surface area contributed by atoms with Gasteiger partial charge < -0.3 is 14.9 Å². The number of hydrogen-bond donors (Lipinski definition) is 1. The number of likely N-dealkylation sites (tertiary alicyclic amines) is 1. The summed E-state index contributed by atoms with van der Waals surface area (Å²) in [5, 5.41) is 11.1. The molecule has 0 aliphatic carbocycles. The number of rotatable bonds is 7. The molecule has 1 aliphatic rings. The zero-order chi connectivity index (χ0) is 22.7. The quantitative estimate of drug-likeness (QED) is 0.343. The summed E-state index contributed by atoms with van der Waals surface area (Å²) >= 11 is 3.39. The monoisotopic (exact) mass is 484 g/mol. The number of aliphatic hydroxyl groups excluding tert-OH is 1. The normalized spacial score (nSPS) is 18.4. The van der Waals surface area contributed by atoms with Crippen molar-refractivity contribution in [2.45, 2.75) is 32.2 Å². The fourth-order valence-electron chi connectivity index (χ4n) is 3.84. The molecule has 1 amide bonds. The molecule has 6 heteroatoms. The largest absolute Gasteiger partial charge is 0.507 e. The van der Waals surface area contributed by atoms with Crippen LogP contribution in [0.2, 0.25) is 0 Å². The average Bonchev–Trinajstić information content (AvgIpc) is 2.98. The molecule has 1 heterocycles. The van der Waals surface area contributed by atoms with Gasteiger partial charge in [-0.15, -0.1) is 0 Å². The maximum Gasteiger partial charge on any atom is 0.295 e. The van der Waals surface area contributed by atoms with Gasteiger partial charge in [0.25, 0.3) is 11.7 Å². The van der Waals surface area contributed by atoms with Gasteiger partial charge in [0.1, 0.15) is 5.76 Å². The highest BCUT2D eigenvalue weighted by molar-refractivity contribution is 9.10. The predicted octanol–water partition coefficient (Wildman–Crippen LogP) is 4.95. The van der Waals surface area contributed by atoms with E-state index in [2.05, 4.69) is 29.8 Å². The van der Waals surface area contributed by atoms with Crippen LogP contribution in [0.5, 0.6) is 0 Å². The second-order valence-electron chi connectivity index (χ2n) is 8.48. The van der Waals surface area contributed by atoms with Gasteiger partial charge in [0.2, 0.25) is 0 Å². The molecule has 1 saturated heterocycles.